The number of carbonyl (C=O) groups is 1. The third-order valence-corrected chi connectivity index (χ3v) is 4.77. The van der Waals surface area contributed by atoms with Crippen LogP contribution in [0.3, 0.4) is 0 Å². The summed E-state index contributed by atoms with van der Waals surface area (Å²) in [5, 5.41) is 0. The number of halogens is 1. The number of amides is 1. The van der Waals surface area contributed by atoms with Gasteiger partial charge in [-0.15, -0.1) is 0 Å². The number of rotatable bonds is 3. The van der Waals surface area contributed by atoms with Gasteiger partial charge in [0.05, 0.1) is 6.42 Å². The highest BCUT2D eigenvalue weighted by Crippen LogP contribution is 2.34. The number of fused-ring (bicyclic) bond motifs is 1. The number of anilines is 1. The van der Waals surface area contributed by atoms with E-state index in [9.17, 15) is 9.18 Å². The van der Waals surface area contributed by atoms with Crippen molar-refractivity contribution in [2.45, 2.75) is 6.42 Å². The third-order valence-electron chi connectivity index (χ3n) is 4.77. The molecule has 2 aromatic carbocycles. The Morgan fingerprint density at radius 1 is 0.962 bits per heavy atom. The standard InChI is InChI=1S/C20H21FN2O3/c21-16-3-1-2-15(12-16)13-20(24)23-8-6-22(7-9-23)17-4-5-18-19(14-17)26-11-10-25-18/h1-5,12,14H,6-11,13H2. The molecule has 2 aliphatic rings. The van der Waals surface area contributed by atoms with Crippen molar-refractivity contribution in [1.82, 2.24) is 4.90 Å². The fraction of sp³-hybridized carbons (Fsp3) is 0.350. The molecule has 136 valence electrons. The lowest BCUT2D eigenvalue weighted by atomic mass is 10.1. The Kier molecular flexibility index (Phi) is 4.65. The van der Waals surface area contributed by atoms with Crippen LogP contribution in [0.2, 0.25) is 0 Å². The van der Waals surface area contributed by atoms with E-state index in [0.29, 0.717) is 31.9 Å². The van der Waals surface area contributed by atoms with E-state index in [0.717, 1.165) is 30.3 Å². The van der Waals surface area contributed by atoms with E-state index < -0.39 is 0 Å². The van der Waals surface area contributed by atoms with Gasteiger partial charge in [-0.2, -0.15) is 0 Å². The number of nitrogens with zero attached hydrogens (tertiary/aromatic N) is 2. The van der Waals surface area contributed by atoms with Crippen LogP contribution in [0.1, 0.15) is 5.56 Å². The molecule has 2 heterocycles. The second-order valence-electron chi connectivity index (χ2n) is 6.50. The summed E-state index contributed by atoms with van der Waals surface area (Å²) in [4.78, 5) is 16.5. The summed E-state index contributed by atoms with van der Waals surface area (Å²) in [5.74, 6) is 1.29. The third kappa shape index (κ3) is 3.59. The Morgan fingerprint density at radius 3 is 2.50 bits per heavy atom. The van der Waals surface area contributed by atoms with E-state index in [-0.39, 0.29) is 18.1 Å². The maximum atomic E-state index is 13.3. The first kappa shape index (κ1) is 16.7. The van der Waals surface area contributed by atoms with Crippen LogP contribution in [0.15, 0.2) is 42.5 Å². The Balaban J connectivity index is 1.36. The van der Waals surface area contributed by atoms with E-state index in [1.54, 1.807) is 12.1 Å². The predicted molar refractivity (Wildman–Crippen MR) is 96.3 cm³/mol. The van der Waals surface area contributed by atoms with Crippen molar-refractivity contribution in [1.29, 1.82) is 0 Å². The van der Waals surface area contributed by atoms with Gasteiger partial charge in [0.2, 0.25) is 5.91 Å². The lowest BCUT2D eigenvalue weighted by Gasteiger charge is -2.36. The number of ether oxygens (including phenoxy) is 2. The summed E-state index contributed by atoms with van der Waals surface area (Å²) in [7, 11) is 0. The Bertz CT molecular complexity index is 803. The Labute approximate surface area is 151 Å². The molecule has 2 aromatic rings. The van der Waals surface area contributed by atoms with Crippen LogP contribution in [0, 0.1) is 5.82 Å². The molecule has 5 nitrogen and oxygen atoms in total. The van der Waals surface area contributed by atoms with E-state index in [4.69, 9.17) is 9.47 Å². The quantitative estimate of drug-likeness (QED) is 0.847. The second kappa shape index (κ2) is 7.23. The maximum absolute atomic E-state index is 13.3. The zero-order chi connectivity index (χ0) is 17.9. The monoisotopic (exact) mass is 356 g/mol. The van der Waals surface area contributed by atoms with Gasteiger partial charge in [0.1, 0.15) is 19.0 Å². The van der Waals surface area contributed by atoms with Gasteiger partial charge >= 0.3 is 0 Å². The van der Waals surface area contributed by atoms with Crippen molar-refractivity contribution in [2.24, 2.45) is 0 Å². The normalized spacial score (nSPS) is 16.5. The van der Waals surface area contributed by atoms with Crippen molar-refractivity contribution < 1.29 is 18.7 Å². The van der Waals surface area contributed by atoms with Crippen molar-refractivity contribution in [2.75, 3.05) is 44.3 Å². The van der Waals surface area contributed by atoms with Crippen LogP contribution in [-0.4, -0.2) is 50.2 Å². The summed E-state index contributed by atoms with van der Waals surface area (Å²) in [6, 6.07) is 12.2. The van der Waals surface area contributed by atoms with E-state index in [1.165, 1.54) is 12.1 Å². The highest BCUT2D eigenvalue weighted by atomic mass is 19.1. The van der Waals surface area contributed by atoms with Gasteiger partial charge in [-0.3, -0.25) is 4.79 Å². The lowest BCUT2D eigenvalue weighted by Crippen LogP contribution is -2.49. The first-order chi connectivity index (χ1) is 12.7. The largest absolute Gasteiger partial charge is 0.486 e. The van der Waals surface area contributed by atoms with Crippen LogP contribution in [0.25, 0.3) is 0 Å². The molecule has 6 heteroatoms. The molecule has 1 saturated heterocycles. The van der Waals surface area contributed by atoms with Gasteiger partial charge < -0.3 is 19.3 Å². The summed E-state index contributed by atoms with van der Waals surface area (Å²) in [6.07, 6.45) is 0.238. The minimum absolute atomic E-state index is 0.0393. The van der Waals surface area contributed by atoms with Crippen molar-refractivity contribution >= 4 is 11.6 Å². The molecular formula is C20H21FN2O3. The average Bonchev–Trinajstić information content (AvgIpc) is 2.68. The minimum Gasteiger partial charge on any atom is -0.486 e. The number of carbonyl (C=O) groups excluding carboxylic acids is 1. The summed E-state index contributed by atoms with van der Waals surface area (Å²) < 4.78 is 24.5. The van der Waals surface area contributed by atoms with Crippen LogP contribution in [0.4, 0.5) is 10.1 Å². The highest BCUT2D eigenvalue weighted by molar-refractivity contribution is 5.79. The minimum atomic E-state index is -0.307. The maximum Gasteiger partial charge on any atom is 0.227 e. The number of benzene rings is 2. The summed E-state index contributed by atoms with van der Waals surface area (Å²) >= 11 is 0. The zero-order valence-electron chi connectivity index (χ0n) is 14.5. The van der Waals surface area contributed by atoms with Gasteiger partial charge in [0.15, 0.2) is 11.5 Å². The molecule has 0 N–H and O–H groups in total. The molecule has 0 bridgehead atoms. The van der Waals surface area contributed by atoms with Gasteiger partial charge in [-0.25, -0.2) is 4.39 Å². The van der Waals surface area contributed by atoms with Crippen LogP contribution >= 0.6 is 0 Å². The van der Waals surface area contributed by atoms with E-state index in [1.807, 2.05) is 23.1 Å². The molecular weight excluding hydrogens is 335 g/mol. The van der Waals surface area contributed by atoms with Gasteiger partial charge in [0, 0.05) is 37.9 Å². The Morgan fingerprint density at radius 2 is 1.73 bits per heavy atom. The Hall–Kier alpha value is -2.76. The SMILES string of the molecule is O=C(Cc1cccc(F)c1)N1CCN(c2ccc3c(c2)OCCO3)CC1. The number of hydrogen-bond acceptors (Lipinski definition) is 4. The topological polar surface area (TPSA) is 42.0 Å². The molecule has 0 atom stereocenters. The molecule has 0 saturated carbocycles. The summed E-state index contributed by atoms with van der Waals surface area (Å²) in [6.45, 7) is 3.98. The predicted octanol–water partition coefficient (Wildman–Crippen LogP) is 2.49. The average molecular weight is 356 g/mol. The van der Waals surface area contributed by atoms with Gasteiger partial charge in [0.25, 0.3) is 0 Å². The molecule has 1 fully saturated rings. The van der Waals surface area contributed by atoms with Gasteiger partial charge in [-0.05, 0) is 29.8 Å². The molecule has 0 radical (unpaired) electrons. The van der Waals surface area contributed by atoms with Gasteiger partial charge in [-0.1, -0.05) is 12.1 Å². The second-order valence-corrected chi connectivity index (χ2v) is 6.50. The summed E-state index contributed by atoms with van der Waals surface area (Å²) in [5.41, 5.74) is 1.79. The first-order valence-corrected chi connectivity index (χ1v) is 8.86. The molecule has 26 heavy (non-hydrogen) atoms. The van der Waals surface area contributed by atoms with E-state index >= 15 is 0 Å². The van der Waals surface area contributed by atoms with E-state index in [2.05, 4.69) is 4.90 Å². The number of hydrogen-bond donors (Lipinski definition) is 0. The molecule has 1 amide bonds. The van der Waals surface area contributed by atoms with Crippen molar-refractivity contribution in [3.63, 3.8) is 0 Å². The highest BCUT2D eigenvalue weighted by Gasteiger charge is 2.22. The van der Waals surface area contributed by atoms with Crippen molar-refractivity contribution in [3.8, 4) is 11.5 Å². The fourth-order valence-corrected chi connectivity index (χ4v) is 3.38. The molecule has 2 aliphatic heterocycles. The lowest BCUT2D eigenvalue weighted by molar-refractivity contribution is -0.130. The smallest absolute Gasteiger partial charge is 0.227 e. The van der Waals surface area contributed by atoms with Crippen LogP contribution < -0.4 is 14.4 Å². The molecule has 0 unspecified atom stereocenters. The van der Waals surface area contributed by atoms with Crippen LogP contribution in [-0.2, 0) is 11.2 Å². The zero-order valence-corrected chi connectivity index (χ0v) is 14.5. The number of piperazine rings is 1. The molecule has 4 rings (SSSR count). The van der Waals surface area contributed by atoms with Crippen LogP contribution in [0.5, 0.6) is 11.5 Å². The molecule has 0 aliphatic carbocycles. The fourth-order valence-electron chi connectivity index (χ4n) is 3.38. The first-order valence-electron chi connectivity index (χ1n) is 8.86. The molecule has 0 spiro atoms. The van der Waals surface area contributed by atoms with Crippen molar-refractivity contribution in [3.05, 3.63) is 53.8 Å². The molecule has 0 aromatic heterocycles.